The SMILES string of the molecule is COc1ccccc1CC(O)CC1CCCC1. The highest BCUT2D eigenvalue weighted by Crippen LogP contribution is 2.30. The molecule has 1 aliphatic rings. The summed E-state index contributed by atoms with van der Waals surface area (Å²) in [6.07, 6.45) is 6.69. The molecule has 1 N–H and O–H groups in total. The van der Waals surface area contributed by atoms with Gasteiger partial charge in [0.2, 0.25) is 0 Å². The lowest BCUT2D eigenvalue weighted by atomic mass is 9.96. The highest BCUT2D eigenvalue weighted by atomic mass is 16.5. The largest absolute Gasteiger partial charge is 0.496 e. The van der Waals surface area contributed by atoms with Crippen LogP contribution in [0.1, 0.15) is 37.7 Å². The minimum Gasteiger partial charge on any atom is -0.496 e. The lowest BCUT2D eigenvalue weighted by Crippen LogP contribution is -2.15. The first-order valence-electron chi connectivity index (χ1n) is 6.59. The zero-order valence-electron chi connectivity index (χ0n) is 10.6. The second-order valence-electron chi connectivity index (χ2n) is 5.06. The van der Waals surface area contributed by atoms with Crippen LogP contribution in [-0.4, -0.2) is 18.3 Å². The third kappa shape index (κ3) is 3.47. The monoisotopic (exact) mass is 234 g/mol. The van der Waals surface area contributed by atoms with Crippen LogP contribution < -0.4 is 4.74 Å². The number of hydrogen-bond acceptors (Lipinski definition) is 2. The number of aliphatic hydroxyl groups is 1. The summed E-state index contributed by atoms with van der Waals surface area (Å²) >= 11 is 0. The van der Waals surface area contributed by atoms with Crippen LogP contribution in [0, 0.1) is 5.92 Å². The van der Waals surface area contributed by atoms with Gasteiger partial charge in [-0.15, -0.1) is 0 Å². The summed E-state index contributed by atoms with van der Waals surface area (Å²) in [5, 5.41) is 10.1. The first kappa shape index (κ1) is 12.4. The fraction of sp³-hybridized carbons (Fsp3) is 0.600. The molecule has 0 heterocycles. The molecular formula is C15H22O2. The van der Waals surface area contributed by atoms with Crippen LogP contribution in [0.5, 0.6) is 5.75 Å². The van der Waals surface area contributed by atoms with Crippen LogP contribution in [0.25, 0.3) is 0 Å². The van der Waals surface area contributed by atoms with Crippen LogP contribution in [-0.2, 0) is 6.42 Å². The van der Waals surface area contributed by atoms with E-state index in [9.17, 15) is 5.11 Å². The molecule has 0 bridgehead atoms. The highest BCUT2D eigenvalue weighted by molar-refractivity contribution is 5.33. The van der Waals surface area contributed by atoms with Gasteiger partial charge in [-0.3, -0.25) is 0 Å². The number of ether oxygens (including phenoxy) is 1. The Hall–Kier alpha value is -1.02. The van der Waals surface area contributed by atoms with E-state index in [4.69, 9.17) is 4.74 Å². The molecule has 0 saturated heterocycles. The number of hydrogen-bond donors (Lipinski definition) is 1. The molecule has 0 amide bonds. The van der Waals surface area contributed by atoms with Gasteiger partial charge >= 0.3 is 0 Å². The molecule has 0 aromatic heterocycles. The van der Waals surface area contributed by atoms with Crippen molar-refractivity contribution in [1.29, 1.82) is 0 Å². The standard InChI is InChI=1S/C15H22O2/c1-17-15-9-5-4-8-13(15)11-14(16)10-12-6-2-3-7-12/h4-5,8-9,12,14,16H,2-3,6-7,10-11H2,1H3. The molecule has 1 aromatic rings. The number of benzene rings is 1. The van der Waals surface area contributed by atoms with Crippen molar-refractivity contribution in [3.8, 4) is 5.75 Å². The second-order valence-corrected chi connectivity index (χ2v) is 5.06. The van der Waals surface area contributed by atoms with Gasteiger partial charge < -0.3 is 9.84 Å². The quantitative estimate of drug-likeness (QED) is 0.848. The van der Waals surface area contributed by atoms with Crippen LogP contribution in [0.3, 0.4) is 0 Å². The fourth-order valence-electron chi connectivity index (χ4n) is 2.84. The number of aliphatic hydroxyl groups excluding tert-OH is 1. The van der Waals surface area contributed by atoms with Crippen molar-refractivity contribution in [2.24, 2.45) is 5.92 Å². The Labute approximate surface area is 104 Å². The Bertz CT molecular complexity index is 343. The molecule has 2 rings (SSSR count). The second kappa shape index (κ2) is 6.06. The first-order chi connectivity index (χ1) is 8.29. The molecule has 1 fully saturated rings. The molecule has 1 aliphatic carbocycles. The first-order valence-corrected chi connectivity index (χ1v) is 6.59. The number of para-hydroxylation sites is 1. The summed E-state index contributed by atoms with van der Waals surface area (Å²) in [4.78, 5) is 0. The van der Waals surface area contributed by atoms with E-state index in [2.05, 4.69) is 0 Å². The van der Waals surface area contributed by atoms with E-state index in [-0.39, 0.29) is 6.10 Å². The van der Waals surface area contributed by atoms with Crippen molar-refractivity contribution in [3.63, 3.8) is 0 Å². The summed E-state index contributed by atoms with van der Waals surface area (Å²) < 4.78 is 5.31. The molecule has 1 unspecified atom stereocenters. The molecule has 1 atom stereocenters. The van der Waals surface area contributed by atoms with E-state index < -0.39 is 0 Å². The van der Waals surface area contributed by atoms with Crippen molar-refractivity contribution in [2.45, 2.75) is 44.6 Å². The van der Waals surface area contributed by atoms with Gasteiger partial charge in [0.05, 0.1) is 13.2 Å². The van der Waals surface area contributed by atoms with Gasteiger partial charge in [-0.05, 0) is 24.0 Å². The topological polar surface area (TPSA) is 29.5 Å². The molecule has 94 valence electrons. The fourth-order valence-corrected chi connectivity index (χ4v) is 2.84. The van der Waals surface area contributed by atoms with Gasteiger partial charge in [0.1, 0.15) is 5.75 Å². The van der Waals surface area contributed by atoms with E-state index in [1.54, 1.807) is 7.11 Å². The van der Waals surface area contributed by atoms with Crippen molar-refractivity contribution in [3.05, 3.63) is 29.8 Å². The number of methoxy groups -OCH3 is 1. The molecular weight excluding hydrogens is 212 g/mol. The van der Waals surface area contributed by atoms with E-state index in [1.807, 2.05) is 24.3 Å². The molecule has 0 spiro atoms. The van der Waals surface area contributed by atoms with Crippen molar-refractivity contribution < 1.29 is 9.84 Å². The summed E-state index contributed by atoms with van der Waals surface area (Å²) in [5.41, 5.74) is 1.11. The average molecular weight is 234 g/mol. The zero-order valence-corrected chi connectivity index (χ0v) is 10.6. The lowest BCUT2D eigenvalue weighted by Gasteiger charge is -2.16. The molecule has 0 aliphatic heterocycles. The molecule has 1 saturated carbocycles. The predicted octanol–water partition coefficient (Wildman–Crippen LogP) is 3.18. The smallest absolute Gasteiger partial charge is 0.122 e. The molecule has 0 radical (unpaired) electrons. The van der Waals surface area contributed by atoms with Crippen molar-refractivity contribution in [2.75, 3.05) is 7.11 Å². The summed E-state index contributed by atoms with van der Waals surface area (Å²) in [6, 6.07) is 7.96. The van der Waals surface area contributed by atoms with Crippen LogP contribution in [0.2, 0.25) is 0 Å². The zero-order chi connectivity index (χ0) is 12.1. The normalized spacial score (nSPS) is 18.2. The Balaban J connectivity index is 1.90. The molecule has 17 heavy (non-hydrogen) atoms. The lowest BCUT2D eigenvalue weighted by molar-refractivity contribution is 0.142. The molecule has 2 heteroatoms. The van der Waals surface area contributed by atoms with Crippen LogP contribution in [0.15, 0.2) is 24.3 Å². The van der Waals surface area contributed by atoms with Crippen LogP contribution in [0.4, 0.5) is 0 Å². The van der Waals surface area contributed by atoms with E-state index >= 15 is 0 Å². The maximum Gasteiger partial charge on any atom is 0.122 e. The van der Waals surface area contributed by atoms with Gasteiger partial charge in [-0.25, -0.2) is 0 Å². The Kier molecular flexibility index (Phi) is 4.43. The van der Waals surface area contributed by atoms with Gasteiger partial charge in [0, 0.05) is 6.42 Å². The van der Waals surface area contributed by atoms with Crippen molar-refractivity contribution >= 4 is 0 Å². The van der Waals surface area contributed by atoms with E-state index in [1.165, 1.54) is 25.7 Å². The number of rotatable bonds is 5. The molecule has 2 nitrogen and oxygen atoms in total. The summed E-state index contributed by atoms with van der Waals surface area (Å²) in [6.45, 7) is 0. The predicted molar refractivity (Wildman–Crippen MR) is 69.3 cm³/mol. The molecule has 1 aromatic carbocycles. The van der Waals surface area contributed by atoms with Crippen molar-refractivity contribution in [1.82, 2.24) is 0 Å². The maximum absolute atomic E-state index is 10.1. The van der Waals surface area contributed by atoms with Gasteiger partial charge in [-0.2, -0.15) is 0 Å². The Morgan fingerprint density at radius 1 is 1.29 bits per heavy atom. The highest BCUT2D eigenvalue weighted by Gasteiger charge is 2.19. The average Bonchev–Trinajstić information content (AvgIpc) is 2.82. The van der Waals surface area contributed by atoms with Crippen LogP contribution >= 0.6 is 0 Å². The summed E-state index contributed by atoms with van der Waals surface area (Å²) in [5.74, 6) is 1.62. The van der Waals surface area contributed by atoms with Gasteiger partial charge in [0.15, 0.2) is 0 Å². The van der Waals surface area contributed by atoms with Gasteiger partial charge in [-0.1, -0.05) is 43.9 Å². The third-order valence-corrected chi connectivity index (χ3v) is 3.73. The Morgan fingerprint density at radius 3 is 2.71 bits per heavy atom. The third-order valence-electron chi connectivity index (χ3n) is 3.73. The minimum absolute atomic E-state index is 0.227. The maximum atomic E-state index is 10.1. The van der Waals surface area contributed by atoms with Gasteiger partial charge in [0.25, 0.3) is 0 Å². The Morgan fingerprint density at radius 2 is 2.00 bits per heavy atom. The summed E-state index contributed by atoms with van der Waals surface area (Å²) in [7, 11) is 1.68. The minimum atomic E-state index is -0.227. The van der Waals surface area contributed by atoms with E-state index in [0.717, 1.165) is 23.7 Å². The van der Waals surface area contributed by atoms with E-state index in [0.29, 0.717) is 6.42 Å².